The van der Waals surface area contributed by atoms with E-state index in [9.17, 15) is 13.2 Å². The first-order valence-corrected chi connectivity index (χ1v) is 6.79. The number of rotatable bonds is 3. The van der Waals surface area contributed by atoms with Crippen molar-refractivity contribution in [1.82, 2.24) is 9.97 Å². The molecule has 3 rings (SSSR count). The van der Waals surface area contributed by atoms with E-state index in [-0.39, 0.29) is 5.95 Å². The molecule has 1 aromatic heterocycles. The smallest absolute Gasteiger partial charge is 0.433 e. The van der Waals surface area contributed by atoms with Gasteiger partial charge in [0.15, 0.2) is 0 Å². The van der Waals surface area contributed by atoms with Crippen LogP contribution in [0.1, 0.15) is 16.8 Å². The topological polar surface area (TPSA) is 38.2 Å². The van der Waals surface area contributed by atoms with Crippen molar-refractivity contribution < 1.29 is 17.9 Å². The van der Waals surface area contributed by atoms with Gasteiger partial charge in [0, 0.05) is 26.2 Å². The van der Waals surface area contributed by atoms with Crippen LogP contribution in [0.5, 0.6) is 5.75 Å². The molecule has 0 unspecified atom stereocenters. The first-order chi connectivity index (χ1) is 10.4. The van der Waals surface area contributed by atoms with Gasteiger partial charge in [0.25, 0.3) is 0 Å². The molecule has 0 amide bonds. The predicted octanol–water partition coefficient (Wildman–Crippen LogP) is 3.07. The van der Waals surface area contributed by atoms with Gasteiger partial charge in [-0.25, -0.2) is 9.97 Å². The molecular weight excluding hydrogens is 295 g/mol. The summed E-state index contributed by atoms with van der Waals surface area (Å²) in [6.07, 6.45) is -2.49. The SMILES string of the molecule is CN(Cc1ccc2c(c1)CCO2)c1nccc(C(F)(F)F)n1. The third kappa shape index (κ3) is 2.98. The number of halogens is 3. The highest BCUT2D eigenvalue weighted by atomic mass is 19.4. The Balaban J connectivity index is 1.78. The van der Waals surface area contributed by atoms with Crippen molar-refractivity contribution in [2.45, 2.75) is 19.1 Å². The van der Waals surface area contributed by atoms with Crippen LogP contribution >= 0.6 is 0 Å². The number of nitrogens with zero attached hydrogens (tertiary/aromatic N) is 3. The van der Waals surface area contributed by atoms with Gasteiger partial charge in [-0.15, -0.1) is 0 Å². The summed E-state index contributed by atoms with van der Waals surface area (Å²) in [7, 11) is 1.67. The van der Waals surface area contributed by atoms with E-state index in [1.807, 2.05) is 18.2 Å². The molecule has 0 bridgehead atoms. The maximum Gasteiger partial charge on any atom is 0.433 e. The fourth-order valence-electron chi connectivity index (χ4n) is 2.37. The van der Waals surface area contributed by atoms with Gasteiger partial charge in [0.1, 0.15) is 11.4 Å². The third-order valence-corrected chi connectivity index (χ3v) is 3.45. The van der Waals surface area contributed by atoms with Crippen molar-refractivity contribution in [3.05, 3.63) is 47.3 Å². The van der Waals surface area contributed by atoms with Gasteiger partial charge < -0.3 is 9.64 Å². The number of aromatic nitrogens is 2. The molecule has 0 aliphatic carbocycles. The van der Waals surface area contributed by atoms with Crippen LogP contribution in [0.15, 0.2) is 30.5 Å². The largest absolute Gasteiger partial charge is 0.493 e. The zero-order chi connectivity index (χ0) is 15.7. The van der Waals surface area contributed by atoms with Crippen molar-refractivity contribution in [1.29, 1.82) is 0 Å². The highest BCUT2D eigenvalue weighted by molar-refractivity contribution is 5.41. The summed E-state index contributed by atoms with van der Waals surface area (Å²) in [4.78, 5) is 9.08. The number of anilines is 1. The molecule has 2 aromatic rings. The molecule has 1 aromatic carbocycles. The lowest BCUT2D eigenvalue weighted by Crippen LogP contribution is -2.21. The van der Waals surface area contributed by atoms with Crippen LogP contribution in [0, 0.1) is 0 Å². The Morgan fingerprint density at radius 3 is 2.86 bits per heavy atom. The van der Waals surface area contributed by atoms with E-state index in [0.29, 0.717) is 13.2 Å². The van der Waals surface area contributed by atoms with Crippen LogP contribution in [-0.2, 0) is 19.1 Å². The van der Waals surface area contributed by atoms with Gasteiger partial charge in [-0.3, -0.25) is 0 Å². The molecule has 0 radical (unpaired) electrons. The highest BCUT2D eigenvalue weighted by Crippen LogP contribution is 2.29. The van der Waals surface area contributed by atoms with Crippen LogP contribution in [0.3, 0.4) is 0 Å². The predicted molar refractivity (Wildman–Crippen MR) is 74.8 cm³/mol. The van der Waals surface area contributed by atoms with Crippen molar-refractivity contribution >= 4 is 5.95 Å². The summed E-state index contributed by atoms with van der Waals surface area (Å²) >= 11 is 0. The van der Waals surface area contributed by atoms with E-state index in [0.717, 1.165) is 35.6 Å². The minimum Gasteiger partial charge on any atom is -0.493 e. The van der Waals surface area contributed by atoms with E-state index in [4.69, 9.17) is 4.74 Å². The van der Waals surface area contributed by atoms with E-state index in [2.05, 4.69) is 9.97 Å². The number of hydrogen-bond acceptors (Lipinski definition) is 4. The number of fused-ring (bicyclic) bond motifs is 1. The average Bonchev–Trinajstić information content (AvgIpc) is 2.94. The maximum atomic E-state index is 12.7. The highest BCUT2D eigenvalue weighted by Gasteiger charge is 2.33. The van der Waals surface area contributed by atoms with Crippen LogP contribution in [0.2, 0.25) is 0 Å². The van der Waals surface area contributed by atoms with Crippen LogP contribution < -0.4 is 9.64 Å². The lowest BCUT2D eigenvalue weighted by atomic mass is 10.1. The molecule has 22 heavy (non-hydrogen) atoms. The molecule has 4 nitrogen and oxygen atoms in total. The minimum atomic E-state index is -4.47. The molecule has 0 spiro atoms. The third-order valence-electron chi connectivity index (χ3n) is 3.45. The fraction of sp³-hybridized carbons (Fsp3) is 0.333. The Hall–Kier alpha value is -2.31. The number of benzene rings is 1. The monoisotopic (exact) mass is 309 g/mol. The molecule has 0 N–H and O–H groups in total. The summed E-state index contributed by atoms with van der Waals surface area (Å²) in [5.41, 5.74) is 1.16. The van der Waals surface area contributed by atoms with Gasteiger partial charge in [0.2, 0.25) is 5.95 Å². The average molecular weight is 309 g/mol. The first-order valence-electron chi connectivity index (χ1n) is 6.79. The standard InChI is InChI=1S/C15H14F3N3O/c1-21(14-19-6-4-13(20-14)15(16,17)18)9-10-2-3-12-11(8-10)5-7-22-12/h2-4,6,8H,5,7,9H2,1H3. The molecule has 0 fully saturated rings. The molecular formula is C15H14F3N3O. The molecule has 116 valence electrons. The second-order valence-electron chi connectivity index (χ2n) is 5.14. The molecule has 0 saturated carbocycles. The lowest BCUT2D eigenvalue weighted by Gasteiger charge is -2.18. The number of ether oxygens (including phenoxy) is 1. The fourth-order valence-corrected chi connectivity index (χ4v) is 2.37. The van der Waals surface area contributed by atoms with E-state index < -0.39 is 11.9 Å². The Morgan fingerprint density at radius 2 is 2.09 bits per heavy atom. The summed E-state index contributed by atoms with van der Waals surface area (Å²) in [6, 6.07) is 6.66. The van der Waals surface area contributed by atoms with Crippen molar-refractivity contribution in [3.63, 3.8) is 0 Å². The normalized spacial score (nSPS) is 13.6. The second-order valence-corrected chi connectivity index (χ2v) is 5.14. The van der Waals surface area contributed by atoms with Crippen molar-refractivity contribution in [2.75, 3.05) is 18.6 Å². The molecule has 0 atom stereocenters. The Kier molecular flexibility index (Phi) is 3.64. The minimum absolute atomic E-state index is 0.0478. The van der Waals surface area contributed by atoms with Crippen molar-refractivity contribution in [3.8, 4) is 5.75 Å². The Labute approximate surface area is 125 Å². The van der Waals surface area contributed by atoms with E-state index in [1.165, 1.54) is 0 Å². The van der Waals surface area contributed by atoms with Gasteiger partial charge >= 0.3 is 6.18 Å². The molecule has 2 heterocycles. The Bertz CT molecular complexity index is 688. The van der Waals surface area contributed by atoms with E-state index >= 15 is 0 Å². The zero-order valence-electron chi connectivity index (χ0n) is 11.9. The van der Waals surface area contributed by atoms with Gasteiger partial charge in [0.05, 0.1) is 6.61 Å². The summed E-state index contributed by atoms with van der Waals surface area (Å²) in [5, 5.41) is 0. The Morgan fingerprint density at radius 1 is 1.27 bits per heavy atom. The van der Waals surface area contributed by atoms with E-state index in [1.54, 1.807) is 11.9 Å². The molecule has 7 heteroatoms. The van der Waals surface area contributed by atoms with Crippen molar-refractivity contribution in [2.24, 2.45) is 0 Å². The quantitative estimate of drug-likeness (QED) is 0.873. The number of alkyl halides is 3. The zero-order valence-corrected chi connectivity index (χ0v) is 11.9. The maximum absolute atomic E-state index is 12.7. The van der Waals surface area contributed by atoms with Gasteiger partial charge in [-0.1, -0.05) is 12.1 Å². The molecule has 0 saturated heterocycles. The summed E-state index contributed by atoms with van der Waals surface area (Å²) < 4.78 is 43.5. The summed E-state index contributed by atoms with van der Waals surface area (Å²) in [5.74, 6) is 0.924. The molecule has 1 aliphatic heterocycles. The van der Waals surface area contributed by atoms with Crippen LogP contribution in [-0.4, -0.2) is 23.6 Å². The second kappa shape index (κ2) is 5.47. The summed E-state index contributed by atoms with van der Waals surface area (Å²) in [6.45, 7) is 1.10. The van der Waals surface area contributed by atoms with Crippen LogP contribution in [0.4, 0.5) is 19.1 Å². The van der Waals surface area contributed by atoms with Gasteiger partial charge in [-0.05, 0) is 23.3 Å². The number of hydrogen-bond donors (Lipinski definition) is 0. The first kappa shape index (κ1) is 14.6. The lowest BCUT2D eigenvalue weighted by molar-refractivity contribution is -0.141. The van der Waals surface area contributed by atoms with Crippen LogP contribution in [0.25, 0.3) is 0 Å². The molecule has 1 aliphatic rings. The van der Waals surface area contributed by atoms with Gasteiger partial charge in [-0.2, -0.15) is 13.2 Å².